The lowest BCUT2D eigenvalue weighted by Gasteiger charge is -2.28. The Morgan fingerprint density at radius 2 is 1.68 bits per heavy atom. The van der Waals surface area contributed by atoms with E-state index in [1.54, 1.807) is 12.1 Å². The molecule has 2 saturated heterocycles. The number of sulfone groups is 2. The van der Waals surface area contributed by atoms with Crippen molar-refractivity contribution in [1.29, 1.82) is 0 Å². The Morgan fingerprint density at radius 1 is 1.08 bits per heavy atom. The predicted octanol–water partition coefficient (Wildman–Crippen LogP) is 1.35. The van der Waals surface area contributed by atoms with Gasteiger partial charge in [-0.1, -0.05) is 0 Å². The van der Waals surface area contributed by atoms with Gasteiger partial charge in [0.05, 0.1) is 23.9 Å². The number of hydrogen-bond acceptors (Lipinski definition) is 6. The average molecular weight is 388 g/mol. The topological polar surface area (TPSA) is 80.8 Å². The summed E-state index contributed by atoms with van der Waals surface area (Å²) in [5.74, 6) is -0.107. The Hall–Kier alpha value is -1.12. The highest BCUT2D eigenvalue weighted by molar-refractivity contribution is 7.96. The van der Waals surface area contributed by atoms with Crippen LogP contribution in [-0.4, -0.2) is 64.7 Å². The number of likely N-dealkylation sites (tertiary alicyclic amines) is 1. The van der Waals surface area contributed by atoms with Crippen molar-refractivity contribution in [3.05, 3.63) is 23.3 Å². The molecule has 2 fully saturated rings. The van der Waals surface area contributed by atoms with E-state index in [0.29, 0.717) is 0 Å². The van der Waals surface area contributed by atoms with E-state index in [9.17, 15) is 16.8 Å². The molecule has 0 N–H and O–H groups in total. The van der Waals surface area contributed by atoms with Crippen molar-refractivity contribution < 1.29 is 21.6 Å². The quantitative estimate of drug-likeness (QED) is 0.776. The number of ether oxygens (including phenoxy) is 1. The predicted molar refractivity (Wildman–Crippen MR) is 96.7 cm³/mol. The third kappa shape index (κ3) is 3.44. The second-order valence-electron chi connectivity index (χ2n) is 7.06. The maximum atomic E-state index is 13.4. The van der Waals surface area contributed by atoms with Gasteiger partial charge in [0, 0.05) is 6.04 Å². The summed E-state index contributed by atoms with van der Waals surface area (Å²) in [4.78, 5) is 2.13. The van der Waals surface area contributed by atoms with Crippen LogP contribution < -0.4 is 4.74 Å². The highest BCUT2D eigenvalue weighted by atomic mass is 32.2. The van der Waals surface area contributed by atoms with Crippen LogP contribution in [0.3, 0.4) is 0 Å². The van der Waals surface area contributed by atoms with Crippen molar-refractivity contribution >= 4 is 19.7 Å². The first-order valence-corrected chi connectivity index (χ1v) is 11.9. The number of benzene rings is 1. The second-order valence-corrected chi connectivity index (χ2v) is 11.3. The largest absolute Gasteiger partial charge is 0.495 e. The van der Waals surface area contributed by atoms with Crippen LogP contribution in [0.5, 0.6) is 5.75 Å². The van der Waals surface area contributed by atoms with Gasteiger partial charge in [-0.3, -0.25) is 4.90 Å². The smallest absolute Gasteiger partial charge is 0.187 e. The molecule has 0 spiro atoms. The summed E-state index contributed by atoms with van der Waals surface area (Å²) in [5.41, 5.74) is 1.78. The molecule has 8 heteroatoms. The Morgan fingerprint density at radius 3 is 2.28 bits per heavy atom. The molecule has 1 aromatic carbocycles. The first kappa shape index (κ1) is 18.7. The lowest BCUT2D eigenvalue weighted by molar-refractivity contribution is 0.264. The molecule has 2 heterocycles. The normalized spacial score (nSPS) is 26.8. The van der Waals surface area contributed by atoms with Crippen molar-refractivity contribution in [3.8, 4) is 5.75 Å². The maximum absolute atomic E-state index is 13.4. The molecule has 2 aliphatic heterocycles. The Kier molecular flexibility index (Phi) is 4.89. The fraction of sp³-hybridized carbons (Fsp3) is 0.647. The van der Waals surface area contributed by atoms with Crippen LogP contribution in [0.2, 0.25) is 0 Å². The summed E-state index contributed by atoms with van der Waals surface area (Å²) in [7, 11) is -5.76. The van der Waals surface area contributed by atoms with Crippen molar-refractivity contribution in [2.75, 3.05) is 31.7 Å². The summed E-state index contributed by atoms with van der Waals surface area (Å²) in [6.45, 7) is 5.25. The second kappa shape index (κ2) is 6.55. The van der Waals surface area contributed by atoms with Gasteiger partial charge in [0.25, 0.3) is 0 Å². The number of rotatable bonds is 4. The summed E-state index contributed by atoms with van der Waals surface area (Å²) >= 11 is 0. The fourth-order valence-electron chi connectivity index (χ4n) is 3.82. The molecule has 6 nitrogen and oxygen atoms in total. The number of aryl methyl sites for hydroxylation is 2. The molecule has 3 rings (SSSR count). The minimum Gasteiger partial charge on any atom is -0.495 e. The standard InChI is InChI=1S/C17H25NO5S2/c1-12-8-15(23-3)16(9-13(12)2)25(21,22)17-11-24(19,20)10-14(17)18-6-4-5-7-18/h8-9,14,17H,4-7,10-11H2,1-3H3/t14-,17-/m1/s1. The van der Waals surface area contributed by atoms with Gasteiger partial charge in [-0.05, 0) is 63.0 Å². The monoisotopic (exact) mass is 387 g/mol. The summed E-state index contributed by atoms with van der Waals surface area (Å²) in [6, 6.07) is 2.84. The summed E-state index contributed by atoms with van der Waals surface area (Å²) in [5, 5.41) is -0.938. The molecule has 0 aliphatic carbocycles. The van der Waals surface area contributed by atoms with Gasteiger partial charge in [0.15, 0.2) is 19.7 Å². The Balaban J connectivity index is 2.07. The Labute approximate surface area is 150 Å². The molecule has 2 atom stereocenters. The molecule has 0 saturated carbocycles. The molecular weight excluding hydrogens is 362 g/mol. The molecule has 0 aromatic heterocycles. The van der Waals surface area contributed by atoms with E-state index in [4.69, 9.17) is 4.74 Å². The molecule has 2 aliphatic rings. The van der Waals surface area contributed by atoms with Crippen molar-refractivity contribution in [2.45, 2.75) is 42.9 Å². The molecule has 140 valence electrons. The Bertz CT molecular complexity index is 871. The van der Waals surface area contributed by atoms with Crippen LogP contribution >= 0.6 is 0 Å². The highest BCUT2D eigenvalue weighted by Gasteiger charge is 2.49. The van der Waals surface area contributed by atoms with Crippen LogP contribution in [0.25, 0.3) is 0 Å². The molecule has 0 unspecified atom stereocenters. The average Bonchev–Trinajstić information content (AvgIpc) is 3.16. The molecule has 0 bridgehead atoms. The molecule has 1 aromatic rings. The fourth-order valence-corrected chi connectivity index (χ4v) is 8.87. The van der Waals surface area contributed by atoms with Gasteiger partial charge >= 0.3 is 0 Å². The van der Waals surface area contributed by atoms with Gasteiger partial charge in [0.2, 0.25) is 0 Å². The van der Waals surface area contributed by atoms with Crippen LogP contribution in [0.1, 0.15) is 24.0 Å². The SMILES string of the molecule is COc1cc(C)c(C)cc1S(=O)(=O)[C@@H]1CS(=O)(=O)C[C@H]1N1CCCC1. The van der Waals surface area contributed by atoms with E-state index in [1.165, 1.54) is 7.11 Å². The number of hydrogen-bond donors (Lipinski definition) is 0. The van der Waals surface area contributed by atoms with Crippen molar-refractivity contribution in [3.63, 3.8) is 0 Å². The molecule has 0 amide bonds. The van der Waals surface area contributed by atoms with E-state index < -0.39 is 31.0 Å². The first-order chi connectivity index (χ1) is 11.7. The van der Waals surface area contributed by atoms with Gasteiger partial charge in [-0.15, -0.1) is 0 Å². The highest BCUT2D eigenvalue weighted by Crippen LogP contribution is 2.35. The van der Waals surface area contributed by atoms with E-state index in [2.05, 4.69) is 0 Å². The number of methoxy groups -OCH3 is 1. The van der Waals surface area contributed by atoms with E-state index in [-0.39, 0.29) is 22.2 Å². The third-order valence-corrected chi connectivity index (χ3v) is 9.50. The van der Waals surface area contributed by atoms with E-state index >= 15 is 0 Å². The minimum absolute atomic E-state index is 0.0793. The zero-order valence-corrected chi connectivity index (χ0v) is 16.5. The zero-order valence-electron chi connectivity index (χ0n) is 14.9. The lowest BCUT2D eigenvalue weighted by atomic mass is 10.1. The molecular formula is C17H25NO5S2. The van der Waals surface area contributed by atoms with Crippen LogP contribution in [-0.2, 0) is 19.7 Å². The van der Waals surface area contributed by atoms with E-state index in [1.807, 2.05) is 18.7 Å². The maximum Gasteiger partial charge on any atom is 0.187 e. The molecule has 0 radical (unpaired) electrons. The van der Waals surface area contributed by atoms with E-state index in [0.717, 1.165) is 37.1 Å². The van der Waals surface area contributed by atoms with Crippen molar-refractivity contribution in [1.82, 2.24) is 4.90 Å². The van der Waals surface area contributed by atoms with Crippen LogP contribution in [0.4, 0.5) is 0 Å². The minimum atomic E-state index is -3.82. The van der Waals surface area contributed by atoms with Gasteiger partial charge < -0.3 is 4.74 Å². The summed E-state index contributed by atoms with van der Waals surface area (Å²) < 4.78 is 56.5. The van der Waals surface area contributed by atoms with Crippen LogP contribution in [0.15, 0.2) is 17.0 Å². The number of nitrogens with zero attached hydrogens (tertiary/aromatic N) is 1. The van der Waals surface area contributed by atoms with Gasteiger partial charge in [-0.25, -0.2) is 16.8 Å². The third-order valence-electron chi connectivity index (χ3n) is 5.37. The van der Waals surface area contributed by atoms with Crippen molar-refractivity contribution in [2.24, 2.45) is 0 Å². The lowest BCUT2D eigenvalue weighted by Crippen LogP contribution is -2.45. The summed E-state index contributed by atoms with van der Waals surface area (Å²) in [6.07, 6.45) is 1.96. The van der Waals surface area contributed by atoms with Gasteiger partial charge in [-0.2, -0.15) is 0 Å². The molecule has 25 heavy (non-hydrogen) atoms. The van der Waals surface area contributed by atoms with Gasteiger partial charge in [0.1, 0.15) is 10.6 Å². The first-order valence-electron chi connectivity index (χ1n) is 8.49. The van der Waals surface area contributed by atoms with Crippen LogP contribution in [0, 0.1) is 13.8 Å². The zero-order chi connectivity index (χ0) is 18.4.